The predicted octanol–water partition coefficient (Wildman–Crippen LogP) is 2.37. The molecular formula is C10H19NS. The number of hydrogen-bond donors (Lipinski definition) is 0. The number of hydrogen-bond acceptors (Lipinski definition) is 2. The Morgan fingerprint density at radius 2 is 2.08 bits per heavy atom. The monoisotopic (exact) mass is 185 g/mol. The van der Waals surface area contributed by atoms with Gasteiger partial charge >= 0.3 is 0 Å². The van der Waals surface area contributed by atoms with Gasteiger partial charge in [0.1, 0.15) is 0 Å². The van der Waals surface area contributed by atoms with Gasteiger partial charge in [-0.2, -0.15) is 11.8 Å². The number of nitrogens with zero attached hydrogens (tertiary/aromatic N) is 1. The molecule has 1 aliphatic heterocycles. The maximum atomic E-state index is 2.75. The maximum absolute atomic E-state index is 2.75. The van der Waals surface area contributed by atoms with Gasteiger partial charge in [0.25, 0.3) is 0 Å². The van der Waals surface area contributed by atoms with E-state index in [4.69, 9.17) is 0 Å². The molecule has 0 N–H and O–H groups in total. The molecule has 0 spiro atoms. The standard InChI is InChI=1S/C10H19NS/c1-2-11(9-4-3-5-9)10-6-7-12-8-10/h9-10H,2-8H2,1H3. The van der Waals surface area contributed by atoms with Crippen molar-refractivity contribution in [1.29, 1.82) is 0 Å². The average molecular weight is 185 g/mol. The molecule has 1 saturated heterocycles. The third-order valence-corrected chi connectivity index (χ3v) is 4.43. The van der Waals surface area contributed by atoms with Crippen molar-refractivity contribution < 1.29 is 0 Å². The Hall–Kier alpha value is 0.310. The summed E-state index contributed by atoms with van der Waals surface area (Å²) >= 11 is 2.14. The minimum Gasteiger partial charge on any atom is -0.297 e. The molecule has 0 aromatic rings. The Morgan fingerprint density at radius 3 is 2.50 bits per heavy atom. The first kappa shape index (κ1) is 8.89. The third kappa shape index (κ3) is 1.64. The van der Waals surface area contributed by atoms with Gasteiger partial charge < -0.3 is 0 Å². The molecule has 12 heavy (non-hydrogen) atoms. The van der Waals surface area contributed by atoms with Gasteiger partial charge in [0.05, 0.1) is 0 Å². The van der Waals surface area contributed by atoms with E-state index < -0.39 is 0 Å². The summed E-state index contributed by atoms with van der Waals surface area (Å²) in [4.78, 5) is 2.75. The second-order valence-corrected chi connectivity index (χ2v) is 5.08. The highest BCUT2D eigenvalue weighted by atomic mass is 32.2. The molecule has 0 aromatic heterocycles. The molecule has 0 radical (unpaired) electrons. The van der Waals surface area contributed by atoms with Crippen LogP contribution >= 0.6 is 11.8 Å². The van der Waals surface area contributed by atoms with Gasteiger partial charge in [-0.3, -0.25) is 4.90 Å². The molecule has 1 saturated carbocycles. The highest BCUT2D eigenvalue weighted by Crippen LogP contribution is 2.31. The van der Waals surface area contributed by atoms with Gasteiger partial charge in [0, 0.05) is 17.8 Å². The summed E-state index contributed by atoms with van der Waals surface area (Å²) in [5.74, 6) is 2.79. The van der Waals surface area contributed by atoms with Crippen molar-refractivity contribution in [3.05, 3.63) is 0 Å². The number of rotatable bonds is 3. The van der Waals surface area contributed by atoms with Gasteiger partial charge in [0.2, 0.25) is 0 Å². The quantitative estimate of drug-likeness (QED) is 0.664. The predicted molar refractivity (Wildman–Crippen MR) is 55.7 cm³/mol. The molecule has 0 bridgehead atoms. The summed E-state index contributed by atoms with van der Waals surface area (Å²) in [7, 11) is 0. The lowest BCUT2D eigenvalue weighted by Crippen LogP contribution is -2.46. The average Bonchev–Trinajstić information content (AvgIpc) is 2.47. The third-order valence-electron chi connectivity index (χ3n) is 3.28. The van der Waals surface area contributed by atoms with Crippen LogP contribution < -0.4 is 0 Å². The van der Waals surface area contributed by atoms with Crippen molar-refractivity contribution in [1.82, 2.24) is 4.90 Å². The van der Waals surface area contributed by atoms with Crippen LogP contribution in [0.2, 0.25) is 0 Å². The Kier molecular flexibility index (Phi) is 2.97. The lowest BCUT2D eigenvalue weighted by Gasteiger charge is -2.40. The summed E-state index contributed by atoms with van der Waals surface area (Å²) in [6.07, 6.45) is 5.85. The minimum atomic E-state index is 0.922. The Labute approximate surface area is 79.9 Å². The lowest BCUT2D eigenvalue weighted by atomic mass is 9.90. The molecule has 2 aliphatic rings. The molecule has 0 amide bonds. The minimum absolute atomic E-state index is 0.922. The van der Waals surface area contributed by atoms with E-state index in [-0.39, 0.29) is 0 Å². The van der Waals surface area contributed by atoms with E-state index in [1.54, 1.807) is 0 Å². The fourth-order valence-electron chi connectivity index (χ4n) is 2.32. The zero-order chi connectivity index (χ0) is 8.39. The van der Waals surface area contributed by atoms with Gasteiger partial charge in [-0.25, -0.2) is 0 Å². The van der Waals surface area contributed by atoms with Crippen molar-refractivity contribution in [2.45, 2.75) is 44.7 Å². The zero-order valence-electron chi connectivity index (χ0n) is 7.96. The highest BCUT2D eigenvalue weighted by molar-refractivity contribution is 7.99. The van der Waals surface area contributed by atoms with Crippen molar-refractivity contribution in [2.24, 2.45) is 0 Å². The van der Waals surface area contributed by atoms with E-state index in [0.29, 0.717) is 0 Å². The molecule has 0 aromatic carbocycles. The summed E-state index contributed by atoms with van der Waals surface area (Å²) in [6, 6.07) is 1.88. The van der Waals surface area contributed by atoms with E-state index in [1.807, 2.05) is 0 Å². The van der Waals surface area contributed by atoms with Crippen LogP contribution in [0.1, 0.15) is 32.6 Å². The SMILES string of the molecule is CCN(C1CCC1)C1CCSC1. The van der Waals surface area contributed by atoms with Crippen molar-refractivity contribution >= 4 is 11.8 Å². The zero-order valence-corrected chi connectivity index (χ0v) is 8.78. The summed E-state index contributed by atoms with van der Waals surface area (Å²) < 4.78 is 0. The summed E-state index contributed by atoms with van der Waals surface area (Å²) in [6.45, 7) is 3.59. The van der Waals surface area contributed by atoms with Gasteiger partial charge in [-0.1, -0.05) is 13.3 Å². The second kappa shape index (κ2) is 4.01. The fraction of sp³-hybridized carbons (Fsp3) is 1.00. The Morgan fingerprint density at radius 1 is 1.25 bits per heavy atom. The van der Waals surface area contributed by atoms with Crippen LogP contribution in [0, 0.1) is 0 Å². The molecule has 1 heterocycles. The topological polar surface area (TPSA) is 3.24 Å². The Bertz CT molecular complexity index is 139. The molecule has 1 atom stereocenters. The van der Waals surface area contributed by atoms with Crippen molar-refractivity contribution in [3.63, 3.8) is 0 Å². The summed E-state index contributed by atoms with van der Waals surface area (Å²) in [5.41, 5.74) is 0. The van der Waals surface area contributed by atoms with Crippen molar-refractivity contribution in [3.8, 4) is 0 Å². The number of thioether (sulfide) groups is 1. The molecule has 1 nitrogen and oxygen atoms in total. The van der Waals surface area contributed by atoms with Crippen LogP contribution in [0.4, 0.5) is 0 Å². The van der Waals surface area contributed by atoms with E-state index in [0.717, 1.165) is 12.1 Å². The van der Waals surface area contributed by atoms with E-state index in [9.17, 15) is 0 Å². The van der Waals surface area contributed by atoms with E-state index in [1.165, 1.54) is 43.7 Å². The van der Waals surface area contributed by atoms with Gasteiger partial charge in [0.15, 0.2) is 0 Å². The molecule has 1 aliphatic carbocycles. The van der Waals surface area contributed by atoms with E-state index in [2.05, 4.69) is 23.6 Å². The normalized spacial score (nSPS) is 31.0. The molecular weight excluding hydrogens is 166 g/mol. The molecule has 2 rings (SSSR count). The highest BCUT2D eigenvalue weighted by Gasteiger charge is 2.30. The first-order valence-corrected chi connectivity index (χ1v) is 6.40. The molecule has 70 valence electrons. The first-order valence-electron chi connectivity index (χ1n) is 5.25. The largest absolute Gasteiger partial charge is 0.297 e. The molecule has 2 heteroatoms. The van der Waals surface area contributed by atoms with Gasteiger partial charge in [-0.15, -0.1) is 0 Å². The Balaban J connectivity index is 1.87. The van der Waals surface area contributed by atoms with Crippen LogP contribution in [-0.4, -0.2) is 35.0 Å². The summed E-state index contributed by atoms with van der Waals surface area (Å²) in [5, 5.41) is 0. The molecule has 1 unspecified atom stereocenters. The van der Waals surface area contributed by atoms with Crippen LogP contribution in [0.5, 0.6) is 0 Å². The second-order valence-electron chi connectivity index (χ2n) is 3.93. The van der Waals surface area contributed by atoms with E-state index >= 15 is 0 Å². The lowest BCUT2D eigenvalue weighted by molar-refractivity contribution is 0.0962. The van der Waals surface area contributed by atoms with Gasteiger partial charge in [-0.05, 0) is 31.6 Å². The van der Waals surface area contributed by atoms with Crippen molar-refractivity contribution in [2.75, 3.05) is 18.1 Å². The van der Waals surface area contributed by atoms with Crippen LogP contribution in [0.3, 0.4) is 0 Å². The first-order chi connectivity index (χ1) is 5.92. The van der Waals surface area contributed by atoms with Crippen LogP contribution in [-0.2, 0) is 0 Å². The maximum Gasteiger partial charge on any atom is 0.0197 e. The van der Waals surface area contributed by atoms with Crippen LogP contribution in [0.15, 0.2) is 0 Å². The smallest absolute Gasteiger partial charge is 0.0197 e. The van der Waals surface area contributed by atoms with Crippen LogP contribution in [0.25, 0.3) is 0 Å². The fourth-order valence-corrected chi connectivity index (χ4v) is 3.55. The molecule has 2 fully saturated rings.